The van der Waals surface area contributed by atoms with E-state index in [0.717, 1.165) is 22.1 Å². The number of benzene rings is 1. The predicted octanol–water partition coefficient (Wildman–Crippen LogP) is 3.23. The van der Waals surface area contributed by atoms with Gasteiger partial charge in [-0.1, -0.05) is 11.3 Å². The maximum atomic E-state index is 12.4. The van der Waals surface area contributed by atoms with Crippen molar-refractivity contribution in [3.8, 4) is 11.5 Å². The van der Waals surface area contributed by atoms with E-state index in [1.54, 1.807) is 0 Å². The number of rotatable bonds is 5. The van der Waals surface area contributed by atoms with Crippen LogP contribution in [0.25, 0.3) is 6.08 Å². The first kappa shape index (κ1) is 15.1. The van der Waals surface area contributed by atoms with E-state index in [0.29, 0.717) is 23.2 Å². The Bertz CT molecular complexity index is 811. The summed E-state index contributed by atoms with van der Waals surface area (Å²) in [5, 5.41) is 12.5. The molecule has 0 saturated heterocycles. The maximum absolute atomic E-state index is 12.4. The number of anilines is 1. The molecule has 2 heterocycles. The van der Waals surface area contributed by atoms with Crippen LogP contribution in [0.1, 0.15) is 36.3 Å². The molecule has 4 rings (SSSR count). The minimum atomic E-state index is -0.207. The second-order valence-electron chi connectivity index (χ2n) is 5.76. The molecule has 1 aromatic heterocycles. The van der Waals surface area contributed by atoms with Gasteiger partial charge in [0.25, 0.3) is 5.91 Å². The average Bonchev–Trinajstić information content (AvgIpc) is 3.34. The molecular weight excluding hydrogens is 326 g/mol. The summed E-state index contributed by atoms with van der Waals surface area (Å²) >= 11 is 1.45. The predicted molar refractivity (Wildman–Crippen MR) is 91.6 cm³/mol. The van der Waals surface area contributed by atoms with Crippen molar-refractivity contribution in [2.45, 2.75) is 25.7 Å². The van der Waals surface area contributed by atoms with E-state index in [1.165, 1.54) is 24.2 Å². The lowest BCUT2D eigenvalue weighted by Crippen LogP contribution is -2.21. The molecule has 1 fully saturated rings. The van der Waals surface area contributed by atoms with Gasteiger partial charge in [-0.05, 0) is 44.0 Å². The van der Waals surface area contributed by atoms with E-state index < -0.39 is 0 Å². The normalized spacial score (nSPS) is 16.0. The highest BCUT2D eigenvalue weighted by molar-refractivity contribution is 7.15. The van der Waals surface area contributed by atoms with Gasteiger partial charge >= 0.3 is 0 Å². The van der Waals surface area contributed by atoms with Gasteiger partial charge in [0, 0.05) is 11.5 Å². The SMILES string of the molecule is CCOc1ccc2c(c1)C=C(C(=O)Nc1nnc(C3CC3)s1)CO2. The highest BCUT2D eigenvalue weighted by Gasteiger charge is 2.28. The van der Waals surface area contributed by atoms with Gasteiger partial charge in [0.15, 0.2) is 0 Å². The lowest BCUT2D eigenvalue weighted by atomic mass is 10.1. The van der Waals surface area contributed by atoms with Crippen molar-refractivity contribution >= 4 is 28.5 Å². The van der Waals surface area contributed by atoms with E-state index in [9.17, 15) is 4.79 Å². The Morgan fingerprint density at radius 1 is 1.42 bits per heavy atom. The first-order chi connectivity index (χ1) is 11.7. The number of nitrogens with one attached hydrogen (secondary N) is 1. The van der Waals surface area contributed by atoms with Crippen LogP contribution >= 0.6 is 11.3 Å². The number of aromatic nitrogens is 2. The van der Waals surface area contributed by atoms with Crippen LogP contribution in [0.15, 0.2) is 23.8 Å². The van der Waals surface area contributed by atoms with Crippen molar-refractivity contribution in [3.05, 3.63) is 34.3 Å². The van der Waals surface area contributed by atoms with Gasteiger partial charge < -0.3 is 9.47 Å². The minimum absolute atomic E-state index is 0.207. The third-order valence-electron chi connectivity index (χ3n) is 3.88. The molecule has 124 valence electrons. The molecule has 2 aliphatic rings. The van der Waals surface area contributed by atoms with Gasteiger partial charge in [-0.25, -0.2) is 0 Å². The van der Waals surface area contributed by atoms with E-state index in [4.69, 9.17) is 9.47 Å². The lowest BCUT2D eigenvalue weighted by Gasteiger charge is -2.18. The fraction of sp³-hybridized carbons (Fsp3) is 0.353. The molecule has 1 aliphatic heterocycles. The Morgan fingerprint density at radius 3 is 3.08 bits per heavy atom. The van der Waals surface area contributed by atoms with Crippen molar-refractivity contribution in [1.29, 1.82) is 0 Å². The zero-order valence-corrected chi connectivity index (χ0v) is 14.1. The van der Waals surface area contributed by atoms with E-state index in [2.05, 4.69) is 15.5 Å². The molecule has 2 aromatic rings. The number of carbonyl (C=O) groups excluding carboxylic acids is 1. The van der Waals surface area contributed by atoms with Crippen LogP contribution in [0, 0.1) is 0 Å². The summed E-state index contributed by atoms with van der Waals surface area (Å²) in [6, 6.07) is 5.60. The Morgan fingerprint density at radius 2 is 2.29 bits per heavy atom. The van der Waals surface area contributed by atoms with Crippen LogP contribution in [-0.2, 0) is 4.79 Å². The van der Waals surface area contributed by atoms with Crippen LogP contribution in [0.4, 0.5) is 5.13 Å². The van der Waals surface area contributed by atoms with E-state index in [1.807, 2.05) is 31.2 Å². The van der Waals surface area contributed by atoms with E-state index >= 15 is 0 Å². The number of ether oxygens (including phenoxy) is 2. The fourth-order valence-corrected chi connectivity index (χ4v) is 3.41. The molecule has 1 N–H and O–H groups in total. The largest absolute Gasteiger partial charge is 0.494 e. The van der Waals surface area contributed by atoms with Gasteiger partial charge in [-0.3, -0.25) is 10.1 Å². The van der Waals surface area contributed by atoms with Gasteiger partial charge in [0.1, 0.15) is 23.1 Å². The number of fused-ring (bicyclic) bond motifs is 1. The minimum Gasteiger partial charge on any atom is -0.494 e. The molecular formula is C17H17N3O3S. The Balaban J connectivity index is 1.50. The lowest BCUT2D eigenvalue weighted by molar-refractivity contribution is -0.113. The van der Waals surface area contributed by atoms with Crippen molar-refractivity contribution in [1.82, 2.24) is 10.2 Å². The first-order valence-electron chi connectivity index (χ1n) is 7.98. The van der Waals surface area contributed by atoms with Crippen LogP contribution < -0.4 is 14.8 Å². The van der Waals surface area contributed by atoms with Crippen LogP contribution in [0.5, 0.6) is 11.5 Å². The van der Waals surface area contributed by atoms with Gasteiger partial charge in [-0.2, -0.15) is 0 Å². The maximum Gasteiger partial charge on any atom is 0.256 e. The Kier molecular flexibility index (Phi) is 3.93. The summed E-state index contributed by atoms with van der Waals surface area (Å²) in [6.07, 6.45) is 4.17. The monoisotopic (exact) mass is 343 g/mol. The number of hydrogen-bond donors (Lipinski definition) is 1. The van der Waals surface area contributed by atoms with Gasteiger partial charge in [-0.15, -0.1) is 10.2 Å². The number of hydrogen-bond acceptors (Lipinski definition) is 6. The molecule has 0 unspecified atom stereocenters. The summed E-state index contributed by atoms with van der Waals surface area (Å²) in [5.74, 6) is 1.84. The third kappa shape index (κ3) is 3.12. The quantitative estimate of drug-likeness (QED) is 0.902. The summed E-state index contributed by atoms with van der Waals surface area (Å²) in [7, 11) is 0. The molecule has 0 spiro atoms. The first-order valence-corrected chi connectivity index (χ1v) is 8.79. The smallest absolute Gasteiger partial charge is 0.256 e. The van der Waals surface area contributed by atoms with Gasteiger partial charge in [0.05, 0.1) is 12.2 Å². The van der Waals surface area contributed by atoms with Crippen LogP contribution in [-0.4, -0.2) is 29.3 Å². The highest BCUT2D eigenvalue weighted by Crippen LogP contribution is 2.42. The van der Waals surface area contributed by atoms with Crippen LogP contribution in [0.2, 0.25) is 0 Å². The molecule has 0 atom stereocenters. The zero-order valence-electron chi connectivity index (χ0n) is 13.2. The van der Waals surface area contributed by atoms with Crippen LogP contribution in [0.3, 0.4) is 0 Å². The van der Waals surface area contributed by atoms with Crippen molar-refractivity contribution in [2.75, 3.05) is 18.5 Å². The molecule has 24 heavy (non-hydrogen) atoms. The second-order valence-corrected chi connectivity index (χ2v) is 6.77. The van der Waals surface area contributed by atoms with Crippen molar-refractivity contribution in [2.24, 2.45) is 0 Å². The number of nitrogens with zero attached hydrogens (tertiary/aromatic N) is 2. The summed E-state index contributed by atoms with van der Waals surface area (Å²) < 4.78 is 11.2. The fourth-order valence-electron chi connectivity index (χ4n) is 2.50. The van der Waals surface area contributed by atoms with Crippen molar-refractivity contribution < 1.29 is 14.3 Å². The molecule has 1 aliphatic carbocycles. The molecule has 1 saturated carbocycles. The molecule has 0 radical (unpaired) electrons. The summed E-state index contributed by atoms with van der Waals surface area (Å²) in [4.78, 5) is 12.4. The standard InChI is InChI=1S/C17H17N3O3S/c1-2-22-13-5-6-14-11(8-13)7-12(9-23-14)15(21)18-17-20-19-16(24-17)10-3-4-10/h5-8,10H,2-4,9H2,1H3,(H,18,20,21). The highest BCUT2D eigenvalue weighted by atomic mass is 32.1. The summed E-state index contributed by atoms with van der Waals surface area (Å²) in [5.41, 5.74) is 1.40. The zero-order chi connectivity index (χ0) is 16.5. The molecule has 1 amide bonds. The third-order valence-corrected chi connectivity index (χ3v) is 4.89. The van der Waals surface area contributed by atoms with Crippen molar-refractivity contribution in [3.63, 3.8) is 0 Å². The molecule has 6 nitrogen and oxygen atoms in total. The van der Waals surface area contributed by atoms with Gasteiger partial charge in [0.2, 0.25) is 5.13 Å². The average molecular weight is 343 g/mol. The Labute approximate surface area is 143 Å². The summed E-state index contributed by atoms with van der Waals surface area (Å²) in [6.45, 7) is 2.76. The number of carbonyl (C=O) groups is 1. The Hall–Kier alpha value is -2.41. The molecule has 7 heteroatoms. The van der Waals surface area contributed by atoms with E-state index in [-0.39, 0.29) is 12.5 Å². The topological polar surface area (TPSA) is 73.3 Å². The molecule has 1 aromatic carbocycles. The second kappa shape index (κ2) is 6.24. The molecule has 0 bridgehead atoms. The number of amides is 1.